The quantitative estimate of drug-likeness (QED) is 0.572. The van der Waals surface area contributed by atoms with E-state index >= 15 is 0 Å². The van der Waals surface area contributed by atoms with Crippen molar-refractivity contribution in [2.24, 2.45) is 4.99 Å². The van der Waals surface area contributed by atoms with Crippen molar-refractivity contribution in [3.8, 4) is 0 Å². The van der Waals surface area contributed by atoms with Crippen molar-refractivity contribution in [2.75, 3.05) is 58.3 Å². The van der Waals surface area contributed by atoms with E-state index in [-0.39, 0.29) is 0 Å². The van der Waals surface area contributed by atoms with Gasteiger partial charge in [-0.2, -0.15) is 0 Å². The van der Waals surface area contributed by atoms with Crippen LogP contribution in [0.25, 0.3) is 0 Å². The van der Waals surface area contributed by atoms with E-state index in [0.717, 1.165) is 57.5 Å². The Morgan fingerprint density at radius 2 is 2.11 bits per heavy atom. The van der Waals surface area contributed by atoms with Crippen LogP contribution in [0.2, 0.25) is 0 Å². The van der Waals surface area contributed by atoms with Gasteiger partial charge in [0.25, 0.3) is 0 Å². The molecule has 0 bridgehead atoms. The van der Waals surface area contributed by atoms with Crippen LogP contribution < -0.4 is 10.2 Å². The van der Waals surface area contributed by atoms with Gasteiger partial charge in [0.05, 0.1) is 6.54 Å². The Hall–Kier alpha value is -2.12. The number of piperazine rings is 1. The first-order valence-electron chi connectivity index (χ1n) is 10.1. The van der Waals surface area contributed by atoms with Crippen LogP contribution in [0.4, 0.5) is 5.82 Å². The minimum Gasteiger partial charge on any atom is -0.357 e. The fourth-order valence-electron chi connectivity index (χ4n) is 3.24. The van der Waals surface area contributed by atoms with E-state index in [2.05, 4.69) is 75.7 Å². The molecule has 2 aromatic rings. The molecule has 0 saturated carbocycles. The number of anilines is 1. The minimum atomic E-state index is 0.662. The predicted octanol–water partition coefficient (Wildman–Crippen LogP) is 2.53. The average molecular weight is 401 g/mol. The monoisotopic (exact) mass is 400 g/mol. The van der Waals surface area contributed by atoms with Crippen LogP contribution >= 0.6 is 11.3 Å². The Kier molecular flexibility index (Phi) is 7.68. The molecule has 1 saturated heterocycles. The fraction of sp³-hybridized carbons (Fsp3) is 0.524. The summed E-state index contributed by atoms with van der Waals surface area (Å²) < 4.78 is 0. The molecule has 7 heteroatoms. The van der Waals surface area contributed by atoms with Crippen molar-refractivity contribution in [3.63, 3.8) is 0 Å². The molecule has 1 aliphatic heterocycles. The highest BCUT2D eigenvalue weighted by atomic mass is 32.1. The number of guanidine groups is 1. The van der Waals surface area contributed by atoms with Gasteiger partial charge in [-0.1, -0.05) is 6.07 Å². The summed E-state index contributed by atoms with van der Waals surface area (Å²) in [5.41, 5.74) is 1.20. The highest BCUT2D eigenvalue weighted by molar-refractivity contribution is 7.09. The van der Waals surface area contributed by atoms with Crippen LogP contribution in [-0.2, 0) is 13.0 Å². The maximum Gasteiger partial charge on any atom is 0.193 e. The standard InChI is InChI=1S/C21H32N6S/c1-4-22-21(26(3)10-8-19-6-5-15-28-19)24-17-18-7-9-23-20(16-18)27-13-11-25(2)12-14-27/h5-7,9,15-16H,4,8,10-14,17H2,1-3H3,(H,22,24). The summed E-state index contributed by atoms with van der Waals surface area (Å²) in [4.78, 5) is 17.8. The highest BCUT2D eigenvalue weighted by Crippen LogP contribution is 2.15. The SMILES string of the molecule is CCNC(=NCc1ccnc(N2CCN(C)CC2)c1)N(C)CCc1cccs1. The average Bonchev–Trinajstić information content (AvgIpc) is 3.24. The Bertz CT molecular complexity index is 737. The van der Waals surface area contributed by atoms with Crippen LogP contribution in [0.1, 0.15) is 17.4 Å². The van der Waals surface area contributed by atoms with Gasteiger partial charge in [0.15, 0.2) is 5.96 Å². The van der Waals surface area contributed by atoms with Crippen LogP contribution in [0, 0.1) is 0 Å². The second-order valence-corrected chi connectivity index (χ2v) is 8.27. The van der Waals surface area contributed by atoms with E-state index in [1.165, 1.54) is 10.4 Å². The van der Waals surface area contributed by atoms with E-state index in [9.17, 15) is 0 Å². The van der Waals surface area contributed by atoms with E-state index < -0.39 is 0 Å². The van der Waals surface area contributed by atoms with E-state index in [1.807, 2.05) is 17.5 Å². The normalized spacial score (nSPS) is 15.7. The maximum atomic E-state index is 4.86. The zero-order valence-corrected chi connectivity index (χ0v) is 18.1. The van der Waals surface area contributed by atoms with Crippen molar-refractivity contribution in [2.45, 2.75) is 19.9 Å². The second-order valence-electron chi connectivity index (χ2n) is 7.23. The maximum absolute atomic E-state index is 4.86. The molecule has 3 heterocycles. The number of thiophene rings is 1. The van der Waals surface area contributed by atoms with Crippen molar-refractivity contribution in [1.82, 2.24) is 20.1 Å². The van der Waals surface area contributed by atoms with Crippen molar-refractivity contribution >= 4 is 23.1 Å². The lowest BCUT2D eigenvalue weighted by Gasteiger charge is -2.33. The van der Waals surface area contributed by atoms with Crippen molar-refractivity contribution in [3.05, 3.63) is 46.3 Å². The van der Waals surface area contributed by atoms with Gasteiger partial charge in [0.2, 0.25) is 0 Å². The summed E-state index contributed by atoms with van der Waals surface area (Å²) in [5.74, 6) is 2.02. The number of rotatable bonds is 7. The Labute approximate surface area is 172 Å². The highest BCUT2D eigenvalue weighted by Gasteiger charge is 2.15. The molecule has 152 valence electrons. The van der Waals surface area contributed by atoms with Gasteiger partial charge in [0, 0.05) is 57.4 Å². The van der Waals surface area contributed by atoms with E-state index in [0.29, 0.717) is 6.54 Å². The number of likely N-dealkylation sites (N-methyl/N-ethyl adjacent to an activating group) is 2. The lowest BCUT2D eigenvalue weighted by molar-refractivity contribution is 0.312. The lowest BCUT2D eigenvalue weighted by Crippen LogP contribution is -2.44. The molecule has 0 radical (unpaired) electrons. The molecule has 0 amide bonds. The molecular formula is C21H32N6S. The molecule has 0 aromatic carbocycles. The van der Waals surface area contributed by atoms with Gasteiger partial charge in [-0.25, -0.2) is 9.98 Å². The Balaban J connectivity index is 1.61. The number of hydrogen-bond acceptors (Lipinski definition) is 5. The number of aliphatic imine (C=N–C) groups is 1. The number of nitrogens with zero attached hydrogens (tertiary/aromatic N) is 5. The first kappa shape index (κ1) is 20.6. The third kappa shape index (κ3) is 5.94. The summed E-state index contributed by atoms with van der Waals surface area (Å²) >= 11 is 1.81. The zero-order valence-electron chi connectivity index (χ0n) is 17.3. The Morgan fingerprint density at radius 1 is 1.29 bits per heavy atom. The first-order chi connectivity index (χ1) is 13.7. The predicted molar refractivity (Wildman–Crippen MR) is 119 cm³/mol. The smallest absolute Gasteiger partial charge is 0.193 e. The fourth-order valence-corrected chi connectivity index (χ4v) is 3.94. The van der Waals surface area contributed by atoms with Gasteiger partial charge < -0.3 is 20.0 Å². The molecular weight excluding hydrogens is 368 g/mol. The second kappa shape index (κ2) is 10.4. The molecule has 0 unspecified atom stereocenters. The molecule has 0 aliphatic carbocycles. The van der Waals surface area contributed by atoms with Gasteiger partial charge >= 0.3 is 0 Å². The summed E-state index contributed by atoms with van der Waals surface area (Å²) in [7, 11) is 4.28. The molecule has 0 spiro atoms. The van der Waals surface area contributed by atoms with Gasteiger partial charge in [0.1, 0.15) is 5.82 Å². The number of pyridine rings is 1. The first-order valence-corrected chi connectivity index (χ1v) is 10.9. The third-order valence-corrected chi connectivity index (χ3v) is 5.95. The van der Waals surface area contributed by atoms with Crippen molar-refractivity contribution in [1.29, 1.82) is 0 Å². The molecule has 28 heavy (non-hydrogen) atoms. The summed E-state index contributed by atoms with van der Waals surface area (Å²) in [5, 5.41) is 5.55. The van der Waals surface area contributed by atoms with Crippen LogP contribution in [0.3, 0.4) is 0 Å². The number of aromatic nitrogens is 1. The van der Waals surface area contributed by atoms with Crippen LogP contribution in [-0.4, -0.2) is 74.1 Å². The number of hydrogen-bond donors (Lipinski definition) is 1. The molecule has 3 rings (SSSR count). The summed E-state index contributed by atoms with van der Waals surface area (Å²) in [6.45, 7) is 8.83. The van der Waals surface area contributed by atoms with E-state index in [4.69, 9.17) is 4.99 Å². The molecule has 2 aromatic heterocycles. The Morgan fingerprint density at radius 3 is 2.82 bits per heavy atom. The van der Waals surface area contributed by atoms with Crippen LogP contribution in [0.15, 0.2) is 40.8 Å². The van der Waals surface area contributed by atoms with Gasteiger partial charge in [-0.05, 0) is 49.5 Å². The van der Waals surface area contributed by atoms with Gasteiger partial charge in [-0.3, -0.25) is 0 Å². The lowest BCUT2D eigenvalue weighted by atomic mass is 10.2. The summed E-state index contributed by atoms with van der Waals surface area (Å²) in [6, 6.07) is 8.56. The molecule has 6 nitrogen and oxygen atoms in total. The minimum absolute atomic E-state index is 0.662. The zero-order chi connectivity index (χ0) is 19.8. The number of nitrogens with one attached hydrogen (secondary N) is 1. The molecule has 1 N–H and O–H groups in total. The van der Waals surface area contributed by atoms with Crippen molar-refractivity contribution < 1.29 is 0 Å². The molecule has 1 fully saturated rings. The summed E-state index contributed by atoms with van der Waals surface area (Å²) in [6.07, 6.45) is 2.95. The molecule has 1 aliphatic rings. The van der Waals surface area contributed by atoms with Crippen LogP contribution in [0.5, 0.6) is 0 Å². The van der Waals surface area contributed by atoms with Gasteiger partial charge in [-0.15, -0.1) is 11.3 Å². The topological polar surface area (TPSA) is 47.0 Å². The largest absolute Gasteiger partial charge is 0.357 e. The third-order valence-electron chi connectivity index (χ3n) is 5.02. The van der Waals surface area contributed by atoms with E-state index in [1.54, 1.807) is 0 Å². The molecule has 0 atom stereocenters.